The van der Waals surface area contributed by atoms with Gasteiger partial charge in [-0.1, -0.05) is 86.6 Å². The SMILES string of the molecule is COc1ccc(C(OC[C@H]2O[C@@H](n3cnc4c(NC(=O)c5ccccc5)ncnc43)C[C@@H]2OP(OCCC#N)OCC2OC(n3cnc4c(=O)[nH]c(NC(=O)C(C)C)nc43)C(O[PH](=O)O)C2F)(c2ccccc2)c2ccc(OC)cc2)cc1. The van der Waals surface area contributed by atoms with Crippen LogP contribution in [0.4, 0.5) is 16.2 Å². The molecule has 4 aromatic heterocycles. The molecule has 25 nitrogen and oxygen atoms in total. The van der Waals surface area contributed by atoms with E-state index < -0.39 is 95.4 Å². The van der Waals surface area contributed by atoms with Crippen LogP contribution in [0.15, 0.2) is 133 Å². The van der Waals surface area contributed by atoms with Crippen molar-refractivity contribution in [1.82, 2.24) is 39.0 Å². The number of hydrogen-bond donors (Lipinski definition) is 4. The molecule has 4 aromatic carbocycles. The fourth-order valence-electron chi connectivity index (χ4n) is 9.57. The molecule has 0 saturated carbocycles. The van der Waals surface area contributed by atoms with Gasteiger partial charge in [0.2, 0.25) is 11.9 Å². The van der Waals surface area contributed by atoms with E-state index in [4.69, 9.17) is 41.8 Å². The van der Waals surface area contributed by atoms with E-state index in [2.05, 4.69) is 40.5 Å². The molecular formula is C55H56FN11O14P2. The summed E-state index contributed by atoms with van der Waals surface area (Å²) in [5.41, 5.74) is 0.736. The van der Waals surface area contributed by atoms with Crippen LogP contribution in [0.3, 0.4) is 0 Å². The second kappa shape index (κ2) is 26.1. The number of carbonyl (C=O) groups is 2. The highest BCUT2D eigenvalue weighted by molar-refractivity contribution is 7.41. The van der Waals surface area contributed by atoms with Crippen LogP contribution in [0, 0.1) is 17.2 Å². The third kappa shape index (κ3) is 12.7. The number of aromatic nitrogens is 8. The molecule has 432 valence electrons. The van der Waals surface area contributed by atoms with Crippen LogP contribution >= 0.6 is 16.9 Å². The summed E-state index contributed by atoms with van der Waals surface area (Å²) in [6.07, 6.45) is -5.95. The van der Waals surface area contributed by atoms with Gasteiger partial charge < -0.3 is 47.5 Å². The smallest absolute Gasteiger partial charge is 0.333 e. The molecule has 2 aliphatic heterocycles. The number of aromatic amines is 1. The van der Waals surface area contributed by atoms with Gasteiger partial charge in [0.25, 0.3) is 11.5 Å². The summed E-state index contributed by atoms with van der Waals surface area (Å²) in [4.78, 5) is 73.4. The van der Waals surface area contributed by atoms with Crippen molar-refractivity contribution in [2.24, 2.45) is 5.92 Å². The highest BCUT2D eigenvalue weighted by atomic mass is 31.2. The fraction of sp³-hybridized carbons (Fsp3) is 0.327. The van der Waals surface area contributed by atoms with Crippen molar-refractivity contribution in [1.29, 1.82) is 5.26 Å². The summed E-state index contributed by atoms with van der Waals surface area (Å²) in [7, 11) is -3.21. The number of anilines is 2. The highest BCUT2D eigenvalue weighted by Crippen LogP contribution is 2.49. The molecule has 2 saturated heterocycles. The third-order valence-electron chi connectivity index (χ3n) is 13.7. The number of hydrogen-bond acceptors (Lipinski definition) is 19. The Morgan fingerprint density at radius 2 is 1.49 bits per heavy atom. The highest BCUT2D eigenvalue weighted by Gasteiger charge is 2.50. The fourth-order valence-corrected chi connectivity index (χ4v) is 11.2. The number of alkyl halides is 1. The zero-order valence-electron chi connectivity index (χ0n) is 44.9. The Balaban J connectivity index is 0.980. The average Bonchev–Trinajstić information content (AvgIpc) is 3.88. The Hall–Kier alpha value is -7.92. The number of ether oxygens (including phenoxy) is 5. The van der Waals surface area contributed by atoms with Crippen LogP contribution < -0.4 is 25.7 Å². The number of carbonyl (C=O) groups excluding carboxylic acids is 2. The lowest BCUT2D eigenvalue weighted by Crippen LogP contribution is -2.38. The molecule has 0 bridgehead atoms. The maximum atomic E-state index is 16.8. The van der Waals surface area contributed by atoms with Crippen molar-refractivity contribution in [3.8, 4) is 17.6 Å². The van der Waals surface area contributed by atoms with Gasteiger partial charge in [0.1, 0.15) is 48.0 Å². The molecule has 2 aliphatic rings. The van der Waals surface area contributed by atoms with Crippen LogP contribution in [-0.2, 0) is 47.3 Å². The molecule has 8 aromatic rings. The Bertz CT molecular complexity index is 3620. The van der Waals surface area contributed by atoms with Gasteiger partial charge in [0.15, 0.2) is 40.5 Å². The predicted molar refractivity (Wildman–Crippen MR) is 297 cm³/mol. The second-order valence-corrected chi connectivity index (χ2v) is 21.1. The van der Waals surface area contributed by atoms with Crippen molar-refractivity contribution in [3.63, 3.8) is 0 Å². The van der Waals surface area contributed by atoms with Crippen molar-refractivity contribution in [2.75, 3.05) is 44.7 Å². The van der Waals surface area contributed by atoms with E-state index in [0.29, 0.717) is 22.7 Å². The number of methoxy groups -OCH3 is 2. The first-order valence-electron chi connectivity index (χ1n) is 26.0. The van der Waals surface area contributed by atoms with E-state index in [1.807, 2.05) is 84.9 Å². The number of nitrogens with zero attached hydrogens (tertiary/aromatic N) is 8. The van der Waals surface area contributed by atoms with Crippen molar-refractivity contribution in [2.45, 2.75) is 75.3 Å². The van der Waals surface area contributed by atoms with E-state index in [0.717, 1.165) is 27.6 Å². The van der Waals surface area contributed by atoms with Gasteiger partial charge in [-0.2, -0.15) is 10.2 Å². The maximum absolute atomic E-state index is 16.8. The van der Waals surface area contributed by atoms with E-state index in [9.17, 15) is 29.1 Å². The van der Waals surface area contributed by atoms with E-state index in [1.54, 1.807) is 63.0 Å². The van der Waals surface area contributed by atoms with Gasteiger partial charge in [-0.05, 0) is 53.1 Å². The topological polar surface area (TPSA) is 310 Å². The van der Waals surface area contributed by atoms with Crippen LogP contribution in [0.25, 0.3) is 22.3 Å². The minimum absolute atomic E-state index is 0.0658. The first-order chi connectivity index (χ1) is 40.3. The van der Waals surface area contributed by atoms with Gasteiger partial charge in [0, 0.05) is 17.9 Å². The first-order valence-corrected chi connectivity index (χ1v) is 28.4. The van der Waals surface area contributed by atoms with Gasteiger partial charge in [-0.15, -0.1) is 0 Å². The van der Waals surface area contributed by atoms with Crippen LogP contribution in [0.2, 0.25) is 0 Å². The summed E-state index contributed by atoms with van der Waals surface area (Å²) in [6.45, 7) is 2.31. The second-order valence-electron chi connectivity index (χ2n) is 19.2. The lowest BCUT2D eigenvalue weighted by molar-refractivity contribution is -0.118. The summed E-state index contributed by atoms with van der Waals surface area (Å²) in [5, 5.41) is 14.9. The van der Waals surface area contributed by atoms with Gasteiger partial charge >= 0.3 is 16.9 Å². The predicted octanol–water partition coefficient (Wildman–Crippen LogP) is 7.68. The van der Waals surface area contributed by atoms with Crippen LogP contribution in [0.5, 0.6) is 11.5 Å². The zero-order chi connectivity index (χ0) is 58.2. The number of imidazole rings is 2. The van der Waals surface area contributed by atoms with Gasteiger partial charge in [-0.3, -0.25) is 42.9 Å². The quantitative estimate of drug-likeness (QED) is 0.0256. The third-order valence-corrected chi connectivity index (χ3v) is 15.4. The van der Waals surface area contributed by atoms with E-state index in [-0.39, 0.29) is 54.5 Å². The summed E-state index contributed by atoms with van der Waals surface area (Å²) >= 11 is 0. The first kappa shape index (κ1) is 58.3. The Labute approximate surface area is 474 Å². The Morgan fingerprint density at radius 3 is 2.14 bits per heavy atom. The number of rotatable bonds is 24. The molecule has 10 rings (SSSR count). The standard InChI is InChI=1S/C55H56FN11O14P2/c1-32(2)50(68)64-54-63-49-45(52(70)65-54)61-31-67(49)53-46(81-82(71)72)43(56)41(79-53)28-77-83(76-25-11-24-57)80-39-26-42(66-30-60-44-47(58-29-59-48(44)66)62-51(69)33-12-7-5-8-13-33)78-40(39)27-75-55(34-14-9-6-10-15-34,35-16-20-37(73-3)21-17-35)36-18-22-38(74-4)23-19-36/h5-10,12-23,29-32,39-43,46,53,82H,11,25-28H2,1-4H3,(H,71,72)(H,58,59,62,69)(H2,63,64,65,68,70)/t39-,40+,41?,42+,43?,46?,53?,83?/m0/s1. The van der Waals surface area contributed by atoms with Crippen LogP contribution in [0.1, 0.15) is 66.2 Å². The molecule has 83 heavy (non-hydrogen) atoms. The number of benzene rings is 4. The number of nitrogens with one attached hydrogen (secondary N) is 3. The summed E-state index contributed by atoms with van der Waals surface area (Å²) in [6, 6.07) is 35.2. The Kier molecular flexibility index (Phi) is 18.3. The molecule has 6 unspecified atom stereocenters. The molecule has 0 radical (unpaired) electrons. The van der Waals surface area contributed by atoms with Crippen molar-refractivity contribution >= 4 is 62.8 Å². The van der Waals surface area contributed by atoms with Crippen molar-refractivity contribution < 1.29 is 65.2 Å². The molecule has 2 fully saturated rings. The molecule has 2 amide bonds. The Morgan fingerprint density at radius 1 is 0.843 bits per heavy atom. The lowest BCUT2D eigenvalue weighted by Gasteiger charge is -2.37. The van der Waals surface area contributed by atoms with E-state index >= 15 is 4.39 Å². The number of H-pyrrole nitrogens is 1. The summed E-state index contributed by atoms with van der Waals surface area (Å²) in [5.74, 6) is -0.219. The van der Waals surface area contributed by atoms with E-state index in [1.165, 1.54) is 12.7 Å². The van der Waals surface area contributed by atoms with Gasteiger partial charge in [0.05, 0.1) is 65.3 Å². The number of halogens is 1. The summed E-state index contributed by atoms with van der Waals surface area (Å²) < 4.78 is 87.8. The average molecular weight is 1180 g/mol. The minimum atomic E-state index is -3.82. The molecule has 28 heteroatoms. The number of amides is 2. The maximum Gasteiger partial charge on any atom is 0.333 e. The van der Waals surface area contributed by atoms with Crippen LogP contribution in [-0.4, -0.2) is 120 Å². The largest absolute Gasteiger partial charge is 0.497 e. The van der Waals surface area contributed by atoms with Gasteiger partial charge in [-0.25, -0.2) is 24.3 Å². The molecule has 6 heterocycles. The minimum Gasteiger partial charge on any atom is -0.497 e. The monoisotopic (exact) mass is 1180 g/mol. The molecule has 0 aliphatic carbocycles. The zero-order valence-corrected chi connectivity index (χ0v) is 46.8. The normalized spacial score (nSPS) is 20.5. The molecular weight excluding hydrogens is 1120 g/mol. The number of nitriles is 1. The molecule has 4 N–H and O–H groups in total. The number of fused-ring (bicyclic) bond motifs is 2. The lowest BCUT2D eigenvalue weighted by atomic mass is 9.80. The van der Waals surface area contributed by atoms with Crippen molar-refractivity contribution in [3.05, 3.63) is 161 Å². The molecule has 0 spiro atoms. The molecule has 9 atom stereocenters.